The fourth-order valence-corrected chi connectivity index (χ4v) is 2.84. The van der Waals surface area contributed by atoms with E-state index in [0.29, 0.717) is 18.7 Å². The number of hydrogen-bond donors (Lipinski definition) is 2. The average molecular weight is 326 g/mol. The Bertz CT molecular complexity index is 531. The van der Waals surface area contributed by atoms with Crippen molar-refractivity contribution in [3.05, 3.63) is 22.4 Å². The summed E-state index contributed by atoms with van der Waals surface area (Å²) in [5.41, 5.74) is 0.588. The van der Waals surface area contributed by atoms with Gasteiger partial charge in [-0.2, -0.15) is 11.3 Å². The lowest BCUT2D eigenvalue weighted by Gasteiger charge is -2.32. The van der Waals surface area contributed by atoms with Gasteiger partial charge in [0.15, 0.2) is 0 Å². The summed E-state index contributed by atoms with van der Waals surface area (Å²) < 4.78 is 5.32. The summed E-state index contributed by atoms with van der Waals surface area (Å²) >= 11 is 1.44. The van der Waals surface area contributed by atoms with Gasteiger partial charge in [-0.25, -0.2) is 0 Å². The Morgan fingerprint density at radius 1 is 1.45 bits per heavy atom. The van der Waals surface area contributed by atoms with Crippen LogP contribution in [-0.2, 0) is 14.3 Å². The molecule has 1 aromatic rings. The molecule has 1 saturated heterocycles. The number of morpholine rings is 1. The first-order valence-corrected chi connectivity index (χ1v) is 7.92. The minimum absolute atomic E-state index is 0.107. The molecule has 1 aromatic heterocycles. The van der Waals surface area contributed by atoms with Crippen LogP contribution in [-0.4, -0.2) is 60.1 Å². The lowest BCUT2D eigenvalue weighted by atomic mass is 10.2. The summed E-state index contributed by atoms with van der Waals surface area (Å²) in [5.74, 6) is -1.24. The highest BCUT2D eigenvalue weighted by molar-refractivity contribution is 7.08. The molecule has 22 heavy (non-hydrogen) atoms. The SMILES string of the molecule is O=C(O)CC1CN(C(=O)CCNC(=O)c2ccsc2)CCO1. The summed E-state index contributed by atoms with van der Waals surface area (Å²) in [6, 6.07) is 1.72. The number of ether oxygens (including phenoxy) is 1. The van der Waals surface area contributed by atoms with Gasteiger partial charge in [-0.05, 0) is 11.4 Å². The Balaban J connectivity index is 1.72. The van der Waals surface area contributed by atoms with E-state index in [1.54, 1.807) is 16.3 Å². The zero-order valence-corrected chi connectivity index (χ0v) is 12.8. The maximum atomic E-state index is 12.1. The zero-order valence-electron chi connectivity index (χ0n) is 12.0. The van der Waals surface area contributed by atoms with Gasteiger partial charge in [0.2, 0.25) is 5.91 Å². The van der Waals surface area contributed by atoms with E-state index < -0.39 is 12.1 Å². The van der Waals surface area contributed by atoms with Crippen LogP contribution < -0.4 is 5.32 Å². The monoisotopic (exact) mass is 326 g/mol. The van der Waals surface area contributed by atoms with Gasteiger partial charge < -0.3 is 20.1 Å². The molecule has 1 fully saturated rings. The summed E-state index contributed by atoms with van der Waals surface area (Å²) in [6.45, 7) is 1.33. The molecule has 2 heterocycles. The van der Waals surface area contributed by atoms with Gasteiger partial charge in [-0.3, -0.25) is 14.4 Å². The fourth-order valence-electron chi connectivity index (χ4n) is 2.20. The van der Waals surface area contributed by atoms with Crippen molar-refractivity contribution in [2.24, 2.45) is 0 Å². The maximum Gasteiger partial charge on any atom is 0.306 e. The van der Waals surface area contributed by atoms with Gasteiger partial charge in [0.25, 0.3) is 5.91 Å². The standard InChI is InChI=1S/C14H18N2O5S/c17-12(1-3-15-14(20)10-2-6-22-9-10)16-4-5-21-11(8-16)7-13(18)19/h2,6,9,11H,1,3-5,7-8H2,(H,15,20)(H,18,19). The molecule has 1 atom stereocenters. The van der Waals surface area contributed by atoms with Crippen LogP contribution in [0.3, 0.4) is 0 Å². The molecule has 1 aliphatic rings. The largest absolute Gasteiger partial charge is 0.481 e. The number of amides is 2. The van der Waals surface area contributed by atoms with Gasteiger partial charge >= 0.3 is 5.97 Å². The molecule has 8 heteroatoms. The molecule has 1 aliphatic heterocycles. The molecule has 2 rings (SSSR count). The van der Waals surface area contributed by atoms with E-state index in [0.717, 1.165) is 0 Å². The first kappa shape index (κ1) is 16.4. The first-order chi connectivity index (χ1) is 10.6. The van der Waals surface area contributed by atoms with Crippen molar-refractivity contribution in [1.82, 2.24) is 10.2 Å². The van der Waals surface area contributed by atoms with Crippen LogP contribution in [0.1, 0.15) is 23.2 Å². The van der Waals surface area contributed by atoms with Crippen molar-refractivity contribution in [2.75, 3.05) is 26.2 Å². The molecule has 0 spiro atoms. The Labute approximate surface area is 131 Å². The highest BCUT2D eigenvalue weighted by atomic mass is 32.1. The third-order valence-corrected chi connectivity index (χ3v) is 3.98. The van der Waals surface area contributed by atoms with Crippen molar-refractivity contribution in [1.29, 1.82) is 0 Å². The minimum Gasteiger partial charge on any atom is -0.481 e. The second-order valence-electron chi connectivity index (χ2n) is 4.95. The highest BCUT2D eigenvalue weighted by Crippen LogP contribution is 2.10. The predicted octanol–water partition coefficient (Wildman–Crippen LogP) is 0.570. The third kappa shape index (κ3) is 4.81. The van der Waals surface area contributed by atoms with Crippen LogP contribution in [0, 0.1) is 0 Å². The molecule has 0 aromatic carbocycles. The normalized spacial score (nSPS) is 18.0. The number of carboxylic acids is 1. The summed E-state index contributed by atoms with van der Waals surface area (Å²) in [5, 5.41) is 15.0. The second kappa shape index (κ2) is 7.90. The topological polar surface area (TPSA) is 95.9 Å². The van der Waals surface area contributed by atoms with E-state index in [2.05, 4.69) is 5.32 Å². The molecule has 0 bridgehead atoms. The van der Waals surface area contributed by atoms with Crippen molar-refractivity contribution in [2.45, 2.75) is 18.9 Å². The molecule has 7 nitrogen and oxygen atoms in total. The molecule has 2 N–H and O–H groups in total. The highest BCUT2D eigenvalue weighted by Gasteiger charge is 2.25. The minimum atomic E-state index is -0.942. The van der Waals surface area contributed by atoms with Gasteiger partial charge in [0.05, 0.1) is 19.1 Å². The summed E-state index contributed by atoms with van der Waals surface area (Å²) in [4.78, 5) is 36.1. The van der Waals surface area contributed by atoms with Crippen LogP contribution in [0.2, 0.25) is 0 Å². The van der Waals surface area contributed by atoms with E-state index in [1.807, 2.05) is 5.38 Å². The van der Waals surface area contributed by atoms with Crippen LogP contribution in [0.25, 0.3) is 0 Å². The Morgan fingerprint density at radius 3 is 2.95 bits per heavy atom. The Kier molecular flexibility index (Phi) is 5.91. The number of nitrogens with zero attached hydrogens (tertiary/aromatic N) is 1. The van der Waals surface area contributed by atoms with Crippen molar-refractivity contribution >= 4 is 29.1 Å². The number of thiophene rings is 1. The molecular weight excluding hydrogens is 308 g/mol. The van der Waals surface area contributed by atoms with Crippen molar-refractivity contribution in [3.8, 4) is 0 Å². The number of aliphatic carboxylic acids is 1. The molecular formula is C14H18N2O5S. The Morgan fingerprint density at radius 2 is 2.27 bits per heavy atom. The number of carbonyl (C=O) groups is 3. The van der Waals surface area contributed by atoms with E-state index in [-0.39, 0.29) is 37.7 Å². The predicted molar refractivity (Wildman–Crippen MR) is 79.8 cm³/mol. The number of rotatable bonds is 6. The van der Waals surface area contributed by atoms with Crippen LogP contribution in [0.5, 0.6) is 0 Å². The number of carbonyl (C=O) groups excluding carboxylic acids is 2. The lowest BCUT2D eigenvalue weighted by Crippen LogP contribution is -2.47. The number of nitrogens with one attached hydrogen (secondary N) is 1. The summed E-state index contributed by atoms with van der Waals surface area (Å²) in [7, 11) is 0. The molecule has 0 aliphatic carbocycles. The van der Waals surface area contributed by atoms with Gasteiger partial charge in [0, 0.05) is 37.0 Å². The van der Waals surface area contributed by atoms with E-state index in [9.17, 15) is 14.4 Å². The van der Waals surface area contributed by atoms with Gasteiger partial charge in [-0.1, -0.05) is 0 Å². The average Bonchev–Trinajstić information content (AvgIpc) is 3.01. The molecule has 120 valence electrons. The quantitative estimate of drug-likeness (QED) is 0.797. The number of hydrogen-bond acceptors (Lipinski definition) is 5. The number of carboxylic acid groups (broad SMARTS) is 1. The Hall–Kier alpha value is -1.93. The first-order valence-electron chi connectivity index (χ1n) is 6.98. The van der Waals surface area contributed by atoms with Crippen LogP contribution >= 0.6 is 11.3 Å². The van der Waals surface area contributed by atoms with Crippen molar-refractivity contribution < 1.29 is 24.2 Å². The van der Waals surface area contributed by atoms with Crippen LogP contribution in [0.4, 0.5) is 0 Å². The molecule has 1 unspecified atom stereocenters. The maximum absolute atomic E-state index is 12.1. The zero-order chi connectivity index (χ0) is 15.9. The van der Waals surface area contributed by atoms with Crippen LogP contribution in [0.15, 0.2) is 16.8 Å². The fraction of sp³-hybridized carbons (Fsp3) is 0.500. The van der Waals surface area contributed by atoms with Gasteiger partial charge in [0.1, 0.15) is 0 Å². The van der Waals surface area contributed by atoms with E-state index in [4.69, 9.17) is 9.84 Å². The smallest absolute Gasteiger partial charge is 0.306 e. The van der Waals surface area contributed by atoms with E-state index >= 15 is 0 Å². The van der Waals surface area contributed by atoms with E-state index in [1.165, 1.54) is 11.3 Å². The van der Waals surface area contributed by atoms with Crippen molar-refractivity contribution in [3.63, 3.8) is 0 Å². The van der Waals surface area contributed by atoms with Gasteiger partial charge in [-0.15, -0.1) is 0 Å². The second-order valence-corrected chi connectivity index (χ2v) is 5.73. The summed E-state index contributed by atoms with van der Waals surface area (Å²) in [6.07, 6.45) is -0.385. The lowest BCUT2D eigenvalue weighted by molar-refractivity contribution is -0.147. The molecule has 2 amide bonds. The molecule has 0 saturated carbocycles. The molecule has 0 radical (unpaired) electrons. The third-order valence-electron chi connectivity index (χ3n) is 3.30.